The van der Waals surface area contributed by atoms with E-state index >= 15 is 0 Å². The van der Waals surface area contributed by atoms with Crippen molar-refractivity contribution in [2.24, 2.45) is 5.73 Å². The molecule has 2 rings (SSSR count). The molecule has 0 atom stereocenters. The lowest BCUT2D eigenvalue weighted by molar-refractivity contribution is 0.934. The predicted molar refractivity (Wildman–Crippen MR) is 55.1 cm³/mol. The average Bonchev–Trinajstić information content (AvgIpc) is 2.60. The van der Waals surface area contributed by atoms with Gasteiger partial charge in [-0.1, -0.05) is 6.92 Å². The number of nitrogens with two attached hydrogens (primary N) is 1. The summed E-state index contributed by atoms with van der Waals surface area (Å²) >= 11 is 0. The normalized spacial score (nSPS) is 11.0. The predicted octanol–water partition coefficient (Wildman–Crippen LogP) is 0.793. The van der Waals surface area contributed by atoms with Crippen molar-refractivity contribution in [2.45, 2.75) is 19.8 Å². The van der Waals surface area contributed by atoms with Gasteiger partial charge in [0.2, 0.25) is 5.78 Å². The number of hydrogen-bond donors (Lipinski definition) is 1. The van der Waals surface area contributed by atoms with E-state index in [1.54, 1.807) is 0 Å². The van der Waals surface area contributed by atoms with E-state index in [-0.39, 0.29) is 0 Å². The summed E-state index contributed by atoms with van der Waals surface area (Å²) in [6.45, 7) is 2.74. The topological polar surface area (TPSA) is 56.2 Å². The maximum atomic E-state index is 5.48. The largest absolute Gasteiger partial charge is 0.330 e. The van der Waals surface area contributed by atoms with Crippen molar-refractivity contribution >= 4 is 5.78 Å². The van der Waals surface area contributed by atoms with Crippen molar-refractivity contribution in [3.05, 3.63) is 29.8 Å². The zero-order valence-corrected chi connectivity index (χ0v) is 8.27. The first-order valence-corrected chi connectivity index (χ1v) is 4.86. The van der Waals surface area contributed by atoms with Crippen LogP contribution in [-0.4, -0.2) is 20.9 Å². The van der Waals surface area contributed by atoms with E-state index in [0.717, 1.165) is 29.9 Å². The second-order valence-electron chi connectivity index (χ2n) is 3.29. The van der Waals surface area contributed by atoms with Crippen molar-refractivity contribution < 1.29 is 0 Å². The second kappa shape index (κ2) is 3.75. The van der Waals surface area contributed by atoms with Crippen molar-refractivity contribution in [3.63, 3.8) is 0 Å². The molecule has 0 fully saturated rings. The van der Waals surface area contributed by atoms with E-state index in [1.807, 2.05) is 23.0 Å². The highest BCUT2D eigenvalue weighted by Gasteiger charge is 2.01. The summed E-state index contributed by atoms with van der Waals surface area (Å²) in [6, 6.07) is 0. The summed E-state index contributed by atoms with van der Waals surface area (Å²) in [7, 11) is 0. The maximum Gasteiger partial charge on any atom is 0.233 e. The molecule has 0 aliphatic heterocycles. The van der Waals surface area contributed by atoms with Gasteiger partial charge in [0.25, 0.3) is 0 Å². The zero-order chi connectivity index (χ0) is 9.97. The fourth-order valence-corrected chi connectivity index (χ4v) is 1.44. The number of aromatic nitrogens is 3. The number of imidazole rings is 1. The van der Waals surface area contributed by atoms with Gasteiger partial charge in [-0.15, -0.1) is 0 Å². The maximum absolute atomic E-state index is 5.48. The summed E-state index contributed by atoms with van der Waals surface area (Å²) in [6.07, 6.45) is 7.70. The van der Waals surface area contributed by atoms with Gasteiger partial charge in [-0.05, 0) is 24.9 Å². The van der Waals surface area contributed by atoms with Crippen LogP contribution in [0, 0.1) is 0 Å². The Morgan fingerprint density at radius 2 is 2.29 bits per heavy atom. The first kappa shape index (κ1) is 9.15. The highest BCUT2D eigenvalue weighted by Crippen LogP contribution is 2.05. The fraction of sp³-hybridized carbons (Fsp3) is 0.400. The van der Waals surface area contributed by atoms with Crippen molar-refractivity contribution in [2.75, 3.05) is 6.54 Å². The first-order valence-electron chi connectivity index (χ1n) is 4.86. The molecule has 4 heteroatoms. The Labute approximate surface area is 82.8 Å². The van der Waals surface area contributed by atoms with E-state index in [2.05, 4.69) is 16.9 Å². The van der Waals surface area contributed by atoms with Gasteiger partial charge < -0.3 is 5.73 Å². The smallest absolute Gasteiger partial charge is 0.233 e. The molecule has 74 valence electrons. The lowest BCUT2D eigenvalue weighted by atomic mass is 10.2. The van der Waals surface area contributed by atoms with Gasteiger partial charge >= 0.3 is 0 Å². The minimum Gasteiger partial charge on any atom is -0.330 e. The van der Waals surface area contributed by atoms with Gasteiger partial charge in [-0.2, -0.15) is 0 Å². The van der Waals surface area contributed by atoms with Gasteiger partial charge in [0.1, 0.15) is 0 Å². The van der Waals surface area contributed by atoms with Gasteiger partial charge in [-0.25, -0.2) is 9.97 Å². The Morgan fingerprint density at radius 3 is 3.00 bits per heavy atom. The Morgan fingerprint density at radius 1 is 1.43 bits per heavy atom. The molecule has 0 aromatic carbocycles. The summed E-state index contributed by atoms with van der Waals surface area (Å²) in [5, 5.41) is 0. The van der Waals surface area contributed by atoms with Crippen molar-refractivity contribution in [1.82, 2.24) is 14.4 Å². The van der Waals surface area contributed by atoms with Crippen LogP contribution in [0.4, 0.5) is 0 Å². The van der Waals surface area contributed by atoms with Crippen LogP contribution in [0.3, 0.4) is 0 Å². The molecule has 0 radical (unpaired) electrons. The van der Waals surface area contributed by atoms with Crippen LogP contribution in [-0.2, 0) is 12.8 Å². The molecule has 0 saturated carbocycles. The number of aryl methyl sites for hydroxylation is 1. The molecule has 0 saturated heterocycles. The Hall–Kier alpha value is -1.42. The summed E-state index contributed by atoms with van der Waals surface area (Å²) < 4.78 is 1.96. The highest BCUT2D eigenvalue weighted by molar-refractivity contribution is 5.31. The average molecular weight is 190 g/mol. The Bertz CT molecular complexity index is 433. The van der Waals surface area contributed by atoms with E-state index < -0.39 is 0 Å². The minimum absolute atomic E-state index is 0.655. The number of rotatable bonds is 3. The zero-order valence-electron chi connectivity index (χ0n) is 8.27. The molecule has 0 aliphatic rings. The molecule has 4 nitrogen and oxygen atoms in total. The van der Waals surface area contributed by atoms with Gasteiger partial charge in [-0.3, -0.25) is 4.40 Å². The molecular formula is C10H14N4. The van der Waals surface area contributed by atoms with Crippen molar-refractivity contribution in [3.8, 4) is 0 Å². The summed E-state index contributed by atoms with van der Waals surface area (Å²) in [5.74, 6) is 0.766. The van der Waals surface area contributed by atoms with E-state index in [1.165, 1.54) is 0 Å². The molecule has 2 heterocycles. The Kier molecular flexibility index (Phi) is 2.45. The van der Waals surface area contributed by atoms with Gasteiger partial charge in [0.05, 0.1) is 5.69 Å². The lowest BCUT2D eigenvalue weighted by Crippen LogP contribution is -2.04. The first-order chi connectivity index (χ1) is 6.83. The van der Waals surface area contributed by atoms with Crippen LogP contribution in [0.1, 0.15) is 18.2 Å². The summed E-state index contributed by atoms with van der Waals surface area (Å²) in [5.41, 5.74) is 7.71. The van der Waals surface area contributed by atoms with Crippen LogP contribution in [0.15, 0.2) is 18.6 Å². The van der Waals surface area contributed by atoms with E-state index in [0.29, 0.717) is 6.54 Å². The van der Waals surface area contributed by atoms with Gasteiger partial charge in [0.15, 0.2) is 0 Å². The molecular weight excluding hydrogens is 176 g/mol. The number of nitrogens with zero attached hydrogens (tertiary/aromatic N) is 3. The number of hydrogen-bond acceptors (Lipinski definition) is 3. The van der Waals surface area contributed by atoms with E-state index in [9.17, 15) is 0 Å². The Balaban J connectivity index is 2.43. The molecule has 0 unspecified atom stereocenters. The van der Waals surface area contributed by atoms with E-state index in [4.69, 9.17) is 5.73 Å². The van der Waals surface area contributed by atoms with Crippen LogP contribution >= 0.6 is 0 Å². The van der Waals surface area contributed by atoms with Crippen LogP contribution in [0.5, 0.6) is 0 Å². The number of fused-ring (bicyclic) bond motifs is 1. The van der Waals surface area contributed by atoms with Crippen LogP contribution < -0.4 is 5.73 Å². The molecule has 0 bridgehead atoms. The SMILES string of the molecule is CCc1cn2cc(CCN)cnc2n1. The lowest BCUT2D eigenvalue weighted by Gasteiger charge is -1.97. The molecule has 2 N–H and O–H groups in total. The quantitative estimate of drug-likeness (QED) is 0.778. The monoisotopic (exact) mass is 190 g/mol. The molecule has 0 spiro atoms. The third kappa shape index (κ3) is 1.61. The highest BCUT2D eigenvalue weighted by atomic mass is 15.1. The van der Waals surface area contributed by atoms with Gasteiger partial charge in [0, 0.05) is 18.6 Å². The second-order valence-corrected chi connectivity index (χ2v) is 3.29. The fourth-order valence-electron chi connectivity index (χ4n) is 1.44. The molecule has 2 aromatic rings. The van der Waals surface area contributed by atoms with Crippen molar-refractivity contribution in [1.29, 1.82) is 0 Å². The molecule has 2 aromatic heterocycles. The molecule has 0 amide bonds. The third-order valence-electron chi connectivity index (χ3n) is 2.21. The molecule has 14 heavy (non-hydrogen) atoms. The standard InChI is InChI=1S/C10H14N4/c1-2-9-7-14-6-8(3-4-11)5-12-10(14)13-9/h5-7H,2-4,11H2,1H3. The van der Waals surface area contributed by atoms with Crippen LogP contribution in [0.25, 0.3) is 5.78 Å². The summed E-state index contributed by atoms with van der Waals surface area (Å²) in [4.78, 5) is 8.62. The molecule has 0 aliphatic carbocycles. The third-order valence-corrected chi connectivity index (χ3v) is 2.21. The minimum atomic E-state index is 0.655. The van der Waals surface area contributed by atoms with Crippen LogP contribution in [0.2, 0.25) is 0 Å².